The van der Waals surface area contributed by atoms with E-state index in [0.29, 0.717) is 29.7 Å². The summed E-state index contributed by atoms with van der Waals surface area (Å²) in [5.74, 6) is 1.92. The van der Waals surface area contributed by atoms with E-state index in [1.807, 2.05) is 0 Å². The van der Waals surface area contributed by atoms with Crippen molar-refractivity contribution in [3.63, 3.8) is 0 Å². The monoisotopic (exact) mass is 396 g/mol. The first-order chi connectivity index (χ1) is 12.8. The van der Waals surface area contributed by atoms with Crippen molar-refractivity contribution in [2.24, 2.45) is 17.6 Å². The molecule has 2 atom stereocenters. The summed E-state index contributed by atoms with van der Waals surface area (Å²) in [7, 11) is 0. The van der Waals surface area contributed by atoms with Gasteiger partial charge in [0.15, 0.2) is 5.60 Å². The summed E-state index contributed by atoms with van der Waals surface area (Å²) >= 11 is 1.55. The van der Waals surface area contributed by atoms with Crippen LogP contribution in [0.2, 0.25) is 0 Å². The second-order valence-electron chi connectivity index (χ2n) is 7.86. The molecule has 0 aromatic carbocycles. The van der Waals surface area contributed by atoms with Gasteiger partial charge in [0.2, 0.25) is 0 Å². The van der Waals surface area contributed by atoms with Gasteiger partial charge in [-0.25, -0.2) is 4.79 Å². The number of nitrogens with two attached hydrogens (primary N) is 1. The van der Waals surface area contributed by atoms with Crippen LogP contribution in [0.4, 0.5) is 0 Å². The highest BCUT2D eigenvalue weighted by Crippen LogP contribution is 2.33. The number of nitrogens with zero attached hydrogens (tertiary/aromatic N) is 1. The molecule has 152 valence electrons. The molecule has 0 amide bonds. The summed E-state index contributed by atoms with van der Waals surface area (Å²) in [6.07, 6.45) is 6.31. The number of aromatic nitrogens is 1. The van der Waals surface area contributed by atoms with Crippen LogP contribution in [0.1, 0.15) is 45.2 Å². The molecule has 7 heteroatoms. The summed E-state index contributed by atoms with van der Waals surface area (Å²) in [6, 6.07) is 2.56. The zero-order valence-corrected chi connectivity index (χ0v) is 17.1. The number of carboxylic acid groups (broad SMARTS) is 1. The first-order valence-electron chi connectivity index (χ1n) is 9.68. The van der Waals surface area contributed by atoms with Crippen LogP contribution in [0.3, 0.4) is 0 Å². The van der Waals surface area contributed by atoms with Gasteiger partial charge in [-0.05, 0) is 36.5 Å². The smallest absolute Gasteiger partial charge is 0.337 e. The standard InChI is InChI=1S/C20H32N2O4S/c1-14(2)12-27-13-18(21)20(25,19(23)24)11-16-10-17(7-8-22-16)26-9-3-4-15-5-6-15/h7-8,10,14-15,18,25H,3-6,9,11-13,21H2,1-2H3,(H,23,24)/t18-,20+/m0/s1. The summed E-state index contributed by atoms with van der Waals surface area (Å²) in [4.78, 5) is 15.9. The van der Waals surface area contributed by atoms with Gasteiger partial charge < -0.3 is 20.7 Å². The fourth-order valence-corrected chi connectivity index (χ4v) is 3.96. The van der Waals surface area contributed by atoms with Crippen molar-refractivity contribution in [3.05, 3.63) is 24.0 Å². The Morgan fingerprint density at radius 3 is 2.81 bits per heavy atom. The first kappa shape index (κ1) is 22.0. The number of carboxylic acids is 1. The predicted molar refractivity (Wildman–Crippen MR) is 108 cm³/mol. The average molecular weight is 397 g/mol. The van der Waals surface area contributed by atoms with Gasteiger partial charge in [0, 0.05) is 30.1 Å². The van der Waals surface area contributed by atoms with Crippen LogP contribution in [-0.4, -0.2) is 50.9 Å². The topological polar surface area (TPSA) is 106 Å². The maximum Gasteiger partial charge on any atom is 0.337 e. The Kier molecular flexibility index (Phi) is 8.38. The third-order valence-electron chi connectivity index (χ3n) is 4.69. The lowest BCUT2D eigenvalue weighted by atomic mass is 9.90. The van der Waals surface area contributed by atoms with Gasteiger partial charge >= 0.3 is 5.97 Å². The zero-order valence-electron chi connectivity index (χ0n) is 16.3. The molecule has 0 bridgehead atoms. The van der Waals surface area contributed by atoms with Crippen molar-refractivity contribution >= 4 is 17.7 Å². The van der Waals surface area contributed by atoms with Crippen LogP contribution >= 0.6 is 11.8 Å². The number of pyridine rings is 1. The van der Waals surface area contributed by atoms with E-state index in [4.69, 9.17) is 10.5 Å². The van der Waals surface area contributed by atoms with E-state index in [0.717, 1.165) is 18.1 Å². The van der Waals surface area contributed by atoms with Crippen molar-refractivity contribution in [2.75, 3.05) is 18.1 Å². The summed E-state index contributed by atoms with van der Waals surface area (Å²) in [5.41, 5.74) is 4.45. The van der Waals surface area contributed by atoms with Crippen LogP contribution < -0.4 is 10.5 Å². The molecule has 2 rings (SSSR count). The SMILES string of the molecule is CC(C)CSC[C@H](N)[C@](O)(Cc1cc(OCCCC2CC2)ccn1)C(=O)O. The Hall–Kier alpha value is -1.31. The van der Waals surface area contributed by atoms with Gasteiger partial charge in [-0.15, -0.1) is 0 Å². The number of ether oxygens (including phenoxy) is 1. The molecule has 1 fully saturated rings. The maximum absolute atomic E-state index is 11.7. The average Bonchev–Trinajstić information content (AvgIpc) is 3.42. The predicted octanol–water partition coefficient (Wildman–Crippen LogP) is 2.73. The summed E-state index contributed by atoms with van der Waals surface area (Å²) < 4.78 is 5.75. The Morgan fingerprint density at radius 1 is 1.44 bits per heavy atom. The lowest BCUT2D eigenvalue weighted by Crippen LogP contribution is -2.57. The number of rotatable bonds is 13. The number of thioether (sulfide) groups is 1. The van der Waals surface area contributed by atoms with E-state index >= 15 is 0 Å². The molecule has 0 radical (unpaired) electrons. The number of hydrogen-bond acceptors (Lipinski definition) is 6. The van der Waals surface area contributed by atoms with Crippen molar-refractivity contribution in [1.82, 2.24) is 4.98 Å². The highest BCUT2D eigenvalue weighted by molar-refractivity contribution is 7.99. The maximum atomic E-state index is 11.7. The summed E-state index contributed by atoms with van der Waals surface area (Å²) in [6.45, 7) is 4.80. The van der Waals surface area contributed by atoms with Gasteiger partial charge in [-0.1, -0.05) is 26.7 Å². The minimum Gasteiger partial charge on any atom is -0.493 e. The molecule has 1 aliphatic carbocycles. The Balaban J connectivity index is 1.93. The normalized spacial score (nSPS) is 17.5. The van der Waals surface area contributed by atoms with Crippen LogP contribution in [0.15, 0.2) is 18.3 Å². The molecule has 0 unspecified atom stereocenters. The Labute approximate surface area is 165 Å². The van der Waals surface area contributed by atoms with Crippen molar-refractivity contribution < 1.29 is 19.7 Å². The van der Waals surface area contributed by atoms with E-state index in [9.17, 15) is 15.0 Å². The molecule has 27 heavy (non-hydrogen) atoms. The zero-order chi connectivity index (χ0) is 19.9. The molecular formula is C20H32N2O4S. The van der Waals surface area contributed by atoms with Crippen molar-refractivity contribution in [1.29, 1.82) is 0 Å². The fraction of sp³-hybridized carbons (Fsp3) is 0.700. The van der Waals surface area contributed by atoms with Gasteiger partial charge in [-0.2, -0.15) is 11.8 Å². The largest absolute Gasteiger partial charge is 0.493 e. The number of aliphatic carboxylic acids is 1. The van der Waals surface area contributed by atoms with Crippen molar-refractivity contribution in [2.45, 2.75) is 57.6 Å². The van der Waals surface area contributed by atoms with Crippen molar-refractivity contribution in [3.8, 4) is 5.75 Å². The second kappa shape index (κ2) is 10.3. The highest BCUT2D eigenvalue weighted by Gasteiger charge is 2.43. The van der Waals surface area contributed by atoms with E-state index in [2.05, 4.69) is 18.8 Å². The molecular weight excluding hydrogens is 364 g/mol. The first-order valence-corrected chi connectivity index (χ1v) is 10.8. The minimum atomic E-state index is -2.05. The molecule has 4 N–H and O–H groups in total. The fourth-order valence-electron chi connectivity index (χ4n) is 2.82. The lowest BCUT2D eigenvalue weighted by molar-refractivity contribution is -0.160. The van der Waals surface area contributed by atoms with Crippen LogP contribution in [0.5, 0.6) is 5.75 Å². The third-order valence-corrected chi connectivity index (χ3v) is 6.19. The van der Waals surface area contributed by atoms with E-state index in [1.165, 1.54) is 19.3 Å². The van der Waals surface area contributed by atoms with Gasteiger partial charge in [0.1, 0.15) is 5.75 Å². The van der Waals surface area contributed by atoms with E-state index in [-0.39, 0.29) is 6.42 Å². The number of aliphatic hydroxyl groups is 1. The molecule has 0 aliphatic heterocycles. The Morgan fingerprint density at radius 2 is 2.19 bits per heavy atom. The second-order valence-corrected chi connectivity index (χ2v) is 8.94. The molecule has 1 heterocycles. The molecule has 1 saturated carbocycles. The molecule has 1 aliphatic rings. The molecule has 1 aromatic heterocycles. The third kappa shape index (κ3) is 7.31. The molecule has 1 aromatic rings. The Bertz CT molecular complexity index is 609. The molecule has 6 nitrogen and oxygen atoms in total. The quantitative estimate of drug-likeness (QED) is 0.440. The van der Waals surface area contributed by atoms with Gasteiger partial charge in [0.05, 0.1) is 12.6 Å². The number of carbonyl (C=O) groups is 1. The summed E-state index contributed by atoms with van der Waals surface area (Å²) in [5, 5.41) is 20.3. The van der Waals surface area contributed by atoms with Crippen LogP contribution in [0, 0.1) is 11.8 Å². The highest BCUT2D eigenvalue weighted by atomic mass is 32.2. The molecule has 0 spiro atoms. The van der Waals surface area contributed by atoms with Gasteiger partial charge in [-0.3, -0.25) is 4.98 Å². The van der Waals surface area contributed by atoms with E-state index in [1.54, 1.807) is 30.1 Å². The van der Waals surface area contributed by atoms with Crippen LogP contribution in [-0.2, 0) is 11.2 Å². The van der Waals surface area contributed by atoms with Crippen LogP contribution in [0.25, 0.3) is 0 Å². The van der Waals surface area contributed by atoms with E-state index < -0.39 is 17.6 Å². The van der Waals surface area contributed by atoms with Gasteiger partial charge in [0.25, 0.3) is 0 Å². The number of hydrogen-bond donors (Lipinski definition) is 3. The molecule has 0 saturated heterocycles. The lowest BCUT2D eigenvalue weighted by Gasteiger charge is -2.29. The minimum absolute atomic E-state index is 0.148.